The zero-order chi connectivity index (χ0) is 5.91. The minimum absolute atomic E-state index is 0. The molecule has 0 aromatic rings. The smallest absolute Gasteiger partial charge is 0.344 e. The van der Waals surface area contributed by atoms with Crippen LogP contribution in [0.3, 0.4) is 0 Å². The second kappa shape index (κ2) is 4.67. The van der Waals surface area contributed by atoms with E-state index < -0.39 is 8.07 Å². The molecule has 0 rings (SSSR count). The van der Waals surface area contributed by atoms with Crippen LogP contribution in [0.4, 0.5) is 0 Å². The first-order valence-electron chi connectivity index (χ1n) is 2.85. The number of rotatable bonds is 2. The minimum atomic E-state index is -0.720. The average Bonchev–Trinajstić information content (AvgIpc) is 1.30. The molecular formula is C6H15LiSi. The van der Waals surface area contributed by atoms with Gasteiger partial charge < -0.3 is 6.92 Å². The van der Waals surface area contributed by atoms with Crippen molar-refractivity contribution in [2.45, 2.75) is 32.1 Å². The maximum atomic E-state index is 3.81. The second-order valence-electron chi connectivity index (χ2n) is 3.16. The molecule has 0 amide bonds. The molecule has 0 N–H and O–H groups in total. The Labute approximate surface area is 66.2 Å². The molecule has 0 aliphatic heterocycles. The average molecular weight is 122 g/mol. The second-order valence-corrected chi connectivity index (χ2v) is 8.79. The predicted octanol–water partition coefficient (Wildman–Crippen LogP) is -0.447. The van der Waals surface area contributed by atoms with Crippen molar-refractivity contribution < 1.29 is 18.9 Å². The van der Waals surface area contributed by atoms with E-state index in [0.717, 1.165) is 6.42 Å². The summed E-state index contributed by atoms with van der Waals surface area (Å²) < 4.78 is 0. The van der Waals surface area contributed by atoms with Gasteiger partial charge in [-0.25, -0.2) is 0 Å². The number of hydrogen-bond acceptors (Lipinski definition) is 0. The summed E-state index contributed by atoms with van der Waals surface area (Å²) >= 11 is 0. The normalized spacial score (nSPS) is 10.5. The van der Waals surface area contributed by atoms with Gasteiger partial charge in [-0.2, -0.15) is 6.42 Å². The van der Waals surface area contributed by atoms with E-state index in [9.17, 15) is 0 Å². The van der Waals surface area contributed by atoms with Gasteiger partial charge in [-0.1, -0.05) is 25.7 Å². The van der Waals surface area contributed by atoms with Crippen molar-refractivity contribution in [2.24, 2.45) is 0 Å². The van der Waals surface area contributed by atoms with Crippen LogP contribution in [0.5, 0.6) is 0 Å². The zero-order valence-corrected chi connectivity index (χ0v) is 7.62. The van der Waals surface area contributed by atoms with Crippen molar-refractivity contribution in [3.05, 3.63) is 6.92 Å². The first kappa shape index (κ1) is 11.6. The molecule has 0 aromatic heterocycles. The van der Waals surface area contributed by atoms with E-state index in [2.05, 4.69) is 26.6 Å². The fraction of sp³-hybridized carbons (Fsp3) is 0.833. The van der Waals surface area contributed by atoms with Gasteiger partial charge in [0, 0.05) is 8.07 Å². The largest absolute Gasteiger partial charge is 1.00 e. The maximum absolute atomic E-state index is 3.81. The van der Waals surface area contributed by atoms with Crippen molar-refractivity contribution in [3.8, 4) is 0 Å². The third-order valence-corrected chi connectivity index (χ3v) is 2.78. The fourth-order valence-electron chi connectivity index (χ4n) is 0.530. The first-order chi connectivity index (χ1) is 3.06. The molecular weight excluding hydrogens is 107 g/mol. The molecule has 0 spiro atoms. The summed E-state index contributed by atoms with van der Waals surface area (Å²) in [5.74, 6) is 0. The Kier molecular flexibility index (Phi) is 6.77. The van der Waals surface area contributed by atoms with Crippen LogP contribution in [-0.4, -0.2) is 8.07 Å². The quantitative estimate of drug-likeness (QED) is 0.344. The van der Waals surface area contributed by atoms with Gasteiger partial charge in [-0.05, 0) is 0 Å². The van der Waals surface area contributed by atoms with Gasteiger partial charge in [0.05, 0.1) is 0 Å². The van der Waals surface area contributed by atoms with Crippen LogP contribution in [0.1, 0.15) is 6.42 Å². The summed E-state index contributed by atoms with van der Waals surface area (Å²) in [6.45, 7) is 10.9. The molecule has 0 aromatic carbocycles. The van der Waals surface area contributed by atoms with Crippen molar-refractivity contribution in [3.63, 3.8) is 0 Å². The SMILES string of the molecule is [CH2-]CC[Si](C)(C)C.[Li+]. The van der Waals surface area contributed by atoms with Gasteiger partial charge in [0.25, 0.3) is 0 Å². The van der Waals surface area contributed by atoms with E-state index in [4.69, 9.17) is 0 Å². The molecule has 0 aliphatic carbocycles. The van der Waals surface area contributed by atoms with Gasteiger partial charge >= 0.3 is 18.9 Å². The standard InChI is InChI=1S/C6H15Si.Li/c1-5-6-7(2,3)4;/h1,5-6H2,2-4H3;/q-1;+1. The monoisotopic (exact) mass is 122 g/mol. The van der Waals surface area contributed by atoms with E-state index in [0.29, 0.717) is 0 Å². The van der Waals surface area contributed by atoms with Crippen molar-refractivity contribution in [1.29, 1.82) is 0 Å². The fourth-order valence-corrected chi connectivity index (χ4v) is 1.59. The van der Waals surface area contributed by atoms with E-state index >= 15 is 0 Å². The molecule has 0 bridgehead atoms. The van der Waals surface area contributed by atoms with Crippen LogP contribution < -0.4 is 18.9 Å². The molecule has 0 nitrogen and oxygen atoms in total. The first-order valence-corrected chi connectivity index (χ1v) is 6.56. The van der Waals surface area contributed by atoms with Gasteiger partial charge in [0.1, 0.15) is 0 Å². The van der Waals surface area contributed by atoms with Crippen LogP contribution in [0.15, 0.2) is 0 Å². The summed E-state index contributed by atoms with van der Waals surface area (Å²) in [5.41, 5.74) is 0. The Hall–Kier alpha value is 0.814. The summed E-state index contributed by atoms with van der Waals surface area (Å²) in [4.78, 5) is 0. The summed E-state index contributed by atoms with van der Waals surface area (Å²) in [6.07, 6.45) is 1.12. The molecule has 2 heteroatoms. The van der Waals surface area contributed by atoms with Crippen molar-refractivity contribution >= 4 is 8.07 Å². The van der Waals surface area contributed by atoms with E-state index in [1.54, 1.807) is 0 Å². The Balaban J connectivity index is 0. The third kappa shape index (κ3) is 9.94. The zero-order valence-electron chi connectivity index (χ0n) is 6.62. The molecule has 0 aliphatic rings. The van der Waals surface area contributed by atoms with Gasteiger partial charge in [0.15, 0.2) is 0 Å². The van der Waals surface area contributed by atoms with Crippen LogP contribution >= 0.6 is 0 Å². The number of hydrogen-bond donors (Lipinski definition) is 0. The molecule has 0 saturated carbocycles. The predicted molar refractivity (Wildman–Crippen MR) is 38.1 cm³/mol. The van der Waals surface area contributed by atoms with Crippen LogP contribution in [-0.2, 0) is 0 Å². The van der Waals surface area contributed by atoms with Crippen molar-refractivity contribution in [2.75, 3.05) is 0 Å². The van der Waals surface area contributed by atoms with Gasteiger partial charge in [-0.15, -0.1) is 0 Å². The van der Waals surface area contributed by atoms with E-state index in [1.165, 1.54) is 6.04 Å². The molecule has 0 fully saturated rings. The molecule has 0 unspecified atom stereocenters. The Bertz CT molecular complexity index is 47.0. The molecule has 0 heterocycles. The summed E-state index contributed by atoms with van der Waals surface area (Å²) in [5, 5.41) is 0. The third-order valence-electron chi connectivity index (χ3n) is 0.927. The molecule has 8 heavy (non-hydrogen) atoms. The molecule has 0 atom stereocenters. The van der Waals surface area contributed by atoms with Crippen LogP contribution in [0.2, 0.25) is 25.7 Å². The van der Waals surface area contributed by atoms with E-state index in [-0.39, 0.29) is 18.9 Å². The molecule has 44 valence electrons. The molecule has 0 saturated heterocycles. The maximum Gasteiger partial charge on any atom is 1.00 e. The minimum Gasteiger partial charge on any atom is -0.344 e. The van der Waals surface area contributed by atoms with E-state index in [1.807, 2.05) is 0 Å². The van der Waals surface area contributed by atoms with Gasteiger partial charge in [0.2, 0.25) is 0 Å². The van der Waals surface area contributed by atoms with Crippen molar-refractivity contribution in [1.82, 2.24) is 0 Å². The van der Waals surface area contributed by atoms with Crippen LogP contribution in [0, 0.1) is 6.92 Å². The summed E-state index contributed by atoms with van der Waals surface area (Å²) in [7, 11) is -0.720. The Morgan fingerprint density at radius 3 is 1.62 bits per heavy atom. The van der Waals surface area contributed by atoms with Crippen LogP contribution in [0.25, 0.3) is 0 Å². The Morgan fingerprint density at radius 2 is 1.62 bits per heavy atom. The summed E-state index contributed by atoms with van der Waals surface area (Å²) in [6, 6.07) is 1.37. The van der Waals surface area contributed by atoms with Gasteiger partial charge in [-0.3, -0.25) is 0 Å². The Morgan fingerprint density at radius 1 is 1.25 bits per heavy atom. The molecule has 0 radical (unpaired) electrons. The topological polar surface area (TPSA) is 0 Å².